The lowest BCUT2D eigenvalue weighted by atomic mass is 10.4. The molecular formula is C17H34O7. The monoisotopic (exact) mass is 350 g/mol. The molecule has 144 valence electrons. The highest BCUT2D eigenvalue weighted by Gasteiger charge is 2.16. The molecule has 4 unspecified atom stereocenters. The average molecular weight is 350 g/mol. The van der Waals surface area contributed by atoms with Crippen LogP contribution in [0.1, 0.15) is 41.5 Å². The highest BCUT2D eigenvalue weighted by molar-refractivity contribution is 5.60. The molecule has 0 heterocycles. The molecule has 0 aromatic heterocycles. The zero-order chi connectivity index (χ0) is 18.4. The Labute approximate surface area is 145 Å². The molecule has 0 saturated heterocycles. The molecule has 0 aliphatic carbocycles. The van der Waals surface area contributed by atoms with E-state index in [1.165, 1.54) is 0 Å². The van der Waals surface area contributed by atoms with E-state index in [-0.39, 0.29) is 12.2 Å². The van der Waals surface area contributed by atoms with Crippen LogP contribution in [0.4, 0.5) is 4.79 Å². The van der Waals surface area contributed by atoms with Crippen LogP contribution >= 0.6 is 0 Å². The number of hydrogen-bond acceptors (Lipinski definition) is 7. The molecule has 24 heavy (non-hydrogen) atoms. The molecule has 7 nitrogen and oxygen atoms in total. The summed E-state index contributed by atoms with van der Waals surface area (Å²) in [6.45, 7) is 14.1. The minimum atomic E-state index is -0.725. The Kier molecular flexibility index (Phi) is 13.9. The lowest BCUT2D eigenvalue weighted by Gasteiger charge is -2.20. The first-order valence-electron chi connectivity index (χ1n) is 8.64. The Hall–Kier alpha value is -0.890. The maximum Gasteiger partial charge on any atom is 0.508 e. The van der Waals surface area contributed by atoms with Gasteiger partial charge in [-0.15, -0.1) is 0 Å². The normalized spacial score (nSPS) is 16.2. The smallest absolute Gasteiger partial charge is 0.429 e. The number of ether oxygens (including phenoxy) is 6. The van der Waals surface area contributed by atoms with Crippen molar-refractivity contribution < 1.29 is 33.2 Å². The van der Waals surface area contributed by atoms with Crippen LogP contribution in [0, 0.1) is 0 Å². The van der Waals surface area contributed by atoms with Crippen molar-refractivity contribution in [1.29, 1.82) is 0 Å². The lowest BCUT2D eigenvalue weighted by molar-refractivity contribution is -0.0721. The molecule has 0 bridgehead atoms. The molecule has 0 amide bonds. The number of carbonyl (C=O) groups excluding carboxylic acids is 1. The molecule has 0 aromatic carbocycles. The van der Waals surface area contributed by atoms with E-state index in [0.29, 0.717) is 39.6 Å². The Morgan fingerprint density at radius 2 is 1.04 bits per heavy atom. The van der Waals surface area contributed by atoms with Crippen LogP contribution < -0.4 is 0 Å². The van der Waals surface area contributed by atoms with Gasteiger partial charge in [-0.05, 0) is 41.5 Å². The standard InChI is InChI=1S/C17H34O7/c1-7-19-9-13(3)21-11-15(5)23-17(18)24-16(6)12-22-14(4)10-20-8-2/h13-16H,7-12H2,1-6H3. The summed E-state index contributed by atoms with van der Waals surface area (Å²) in [4.78, 5) is 11.7. The van der Waals surface area contributed by atoms with Crippen molar-refractivity contribution in [2.24, 2.45) is 0 Å². The maximum atomic E-state index is 11.7. The Balaban J connectivity index is 3.82. The minimum absolute atomic E-state index is 0.0498. The van der Waals surface area contributed by atoms with Crippen LogP contribution in [0.5, 0.6) is 0 Å². The summed E-state index contributed by atoms with van der Waals surface area (Å²) in [5.41, 5.74) is 0. The number of hydrogen-bond donors (Lipinski definition) is 0. The van der Waals surface area contributed by atoms with Gasteiger partial charge in [-0.25, -0.2) is 4.79 Å². The summed E-state index contributed by atoms with van der Waals surface area (Å²) < 4.78 is 31.8. The third-order valence-corrected chi connectivity index (χ3v) is 2.94. The second-order valence-corrected chi connectivity index (χ2v) is 5.71. The number of rotatable bonds is 14. The van der Waals surface area contributed by atoms with Crippen LogP contribution in [0.3, 0.4) is 0 Å². The van der Waals surface area contributed by atoms with E-state index in [1.54, 1.807) is 13.8 Å². The van der Waals surface area contributed by atoms with Gasteiger partial charge in [0.2, 0.25) is 0 Å². The topological polar surface area (TPSA) is 72.5 Å². The molecule has 4 atom stereocenters. The van der Waals surface area contributed by atoms with Gasteiger partial charge in [0.1, 0.15) is 12.2 Å². The largest absolute Gasteiger partial charge is 0.508 e. The first-order valence-corrected chi connectivity index (χ1v) is 8.64. The first-order chi connectivity index (χ1) is 11.4. The van der Waals surface area contributed by atoms with Crippen molar-refractivity contribution in [3.05, 3.63) is 0 Å². The van der Waals surface area contributed by atoms with Gasteiger partial charge in [0.15, 0.2) is 0 Å². The summed E-state index contributed by atoms with van der Waals surface area (Å²) in [5.74, 6) is 0. The van der Waals surface area contributed by atoms with Crippen molar-refractivity contribution in [1.82, 2.24) is 0 Å². The molecule has 0 N–H and O–H groups in total. The average Bonchev–Trinajstić information content (AvgIpc) is 2.54. The molecule has 0 rings (SSSR count). The van der Waals surface area contributed by atoms with Gasteiger partial charge in [0.05, 0.1) is 38.6 Å². The van der Waals surface area contributed by atoms with Gasteiger partial charge >= 0.3 is 6.16 Å². The summed E-state index contributed by atoms with van der Waals surface area (Å²) in [6, 6.07) is 0. The Morgan fingerprint density at radius 1 is 0.667 bits per heavy atom. The summed E-state index contributed by atoms with van der Waals surface area (Å²) in [7, 11) is 0. The van der Waals surface area contributed by atoms with Crippen LogP contribution in [0.25, 0.3) is 0 Å². The summed E-state index contributed by atoms with van der Waals surface area (Å²) in [5, 5.41) is 0. The molecule has 0 aromatic rings. The van der Waals surface area contributed by atoms with Gasteiger partial charge in [0, 0.05) is 13.2 Å². The maximum absolute atomic E-state index is 11.7. The van der Waals surface area contributed by atoms with E-state index >= 15 is 0 Å². The third-order valence-electron chi connectivity index (χ3n) is 2.94. The highest BCUT2D eigenvalue weighted by atomic mass is 16.7. The van der Waals surface area contributed by atoms with Crippen molar-refractivity contribution in [2.45, 2.75) is 66.0 Å². The van der Waals surface area contributed by atoms with Crippen LogP contribution in [-0.2, 0) is 28.4 Å². The van der Waals surface area contributed by atoms with Crippen LogP contribution in [0.15, 0.2) is 0 Å². The second kappa shape index (κ2) is 14.5. The minimum Gasteiger partial charge on any atom is -0.429 e. The van der Waals surface area contributed by atoms with E-state index in [2.05, 4.69) is 0 Å². The molecule has 0 saturated carbocycles. The lowest BCUT2D eigenvalue weighted by Crippen LogP contribution is -2.29. The molecule has 7 heteroatoms. The zero-order valence-corrected chi connectivity index (χ0v) is 15.9. The Morgan fingerprint density at radius 3 is 1.38 bits per heavy atom. The van der Waals surface area contributed by atoms with E-state index in [1.807, 2.05) is 27.7 Å². The van der Waals surface area contributed by atoms with E-state index < -0.39 is 18.4 Å². The summed E-state index contributed by atoms with van der Waals surface area (Å²) in [6.07, 6.45) is -1.62. The number of carbonyl (C=O) groups is 1. The van der Waals surface area contributed by atoms with Gasteiger partial charge in [-0.3, -0.25) is 0 Å². The highest BCUT2D eigenvalue weighted by Crippen LogP contribution is 2.03. The zero-order valence-electron chi connectivity index (χ0n) is 15.9. The first kappa shape index (κ1) is 23.1. The fourth-order valence-corrected chi connectivity index (χ4v) is 1.69. The van der Waals surface area contributed by atoms with Crippen LogP contribution in [0.2, 0.25) is 0 Å². The van der Waals surface area contributed by atoms with Gasteiger partial charge in [0.25, 0.3) is 0 Å². The predicted octanol–water partition coefficient (Wildman–Crippen LogP) is 2.80. The van der Waals surface area contributed by atoms with Gasteiger partial charge < -0.3 is 28.4 Å². The predicted molar refractivity (Wildman–Crippen MR) is 90.3 cm³/mol. The van der Waals surface area contributed by atoms with Crippen molar-refractivity contribution in [3.63, 3.8) is 0 Å². The van der Waals surface area contributed by atoms with Crippen molar-refractivity contribution >= 4 is 6.16 Å². The summed E-state index contributed by atoms with van der Waals surface area (Å²) >= 11 is 0. The second-order valence-electron chi connectivity index (χ2n) is 5.71. The van der Waals surface area contributed by atoms with E-state index in [4.69, 9.17) is 28.4 Å². The van der Waals surface area contributed by atoms with Crippen molar-refractivity contribution in [2.75, 3.05) is 39.6 Å². The molecule has 0 aliphatic rings. The fraction of sp³-hybridized carbons (Fsp3) is 0.941. The molecule has 0 radical (unpaired) electrons. The van der Waals surface area contributed by atoms with Gasteiger partial charge in [-0.1, -0.05) is 0 Å². The van der Waals surface area contributed by atoms with Crippen LogP contribution in [-0.4, -0.2) is 70.2 Å². The SMILES string of the molecule is CCOCC(C)OCC(C)OC(=O)OC(C)COC(C)COCC. The molecule has 0 fully saturated rings. The Bertz CT molecular complexity index is 283. The molecule has 0 spiro atoms. The third kappa shape index (κ3) is 13.5. The quantitative estimate of drug-likeness (QED) is 0.446. The van der Waals surface area contributed by atoms with E-state index in [0.717, 1.165) is 0 Å². The molecule has 0 aliphatic heterocycles. The fourth-order valence-electron chi connectivity index (χ4n) is 1.69. The van der Waals surface area contributed by atoms with Gasteiger partial charge in [-0.2, -0.15) is 0 Å². The van der Waals surface area contributed by atoms with Crippen molar-refractivity contribution in [3.8, 4) is 0 Å². The molecular weight excluding hydrogens is 316 g/mol. The van der Waals surface area contributed by atoms with E-state index in [9.17, 15) is 4.79 Å².